The van der Waals surface area contributed by atoms with Gasteiger partial charge in [-0.1, -0.05) is 51.4 Å². The highest BCUT2D eigenvalue weighted by Gasteiger charge is 2.52. The van der Waals surface area contributed by atoms with Crippen LogP contribution in [0.15, 0.2) is 34.5 Å². The molecule has 14 heteroatoms. The number of rotatable bonds is 9. The molecule has 0 spiro atoms. The van der Waals surface area contributed by atoms with E-state index in [1.807, 2.05) is 46.7 Å². The number of aliphatic hydroxyl groups is 3. The lowest BCUT2D eigenvalue weighted by Crippen LogP contribution is -2.60. The molecule has 0 aliphatic carbocycles. The Morgan fingerprint density at radius 2 is 1.67 bits per heavy atom. The summed E-state index contributed by atoms with van der Waals surface area (Å²) in [5.41, 5.74) is -1.30. The first-order valence-electron chi connectivity index (χ1n) is 19.4. The van der Waals surface area contributed by atoms with E-state index in [0.29, 0.717) is 28.4 Å². The van der Waals surface area contributed by atoms with Crippen molar-refractivity contribution in [3.63, 3.8) is 0 Å². The Hall–Kier alpha value is -2.49. The number of benzene rings is 1. The molecule has 0 amide bonds. The molecule has 3 N–H and O–H groups in total. The van der Waals surface area contributed by atoms with Crippen LogP contribution in [0.5, 0.6) is 0 Å². The van der Waals surface area contributed by atoms with Crippen LogP contribution in [-0.4, -0.2) is 125 Å². The monoisotopic (exact) mass is 795 g/mol. The molecule has 2 saturated heterocycles. The molecule has 3 rings (SSSR count). The Bertz CT molecular complexity index is 1480. The molecule has 2 aliphatic heterocycles. The van der Waals surface area contributed by atoms with E-state index in [9.17, 15) is 24.9 Å². The quantitative estimate of drug-likeness (QED) is 0.170. The second-order valence-corrected chi connectivity index (χ2v) is 17.0. The Balaban J connectivity index is 2.27. The van der Waals surface area contributed by atoms with Crippen LogP contribution in [0.4, 0.5) is 0 Å². The summed E-state index contributed by atoms with van der Waals surface area (Å²) < 4.78 is 31.7. The summed E-state index contributed by atoms with van der Waals surface area (Å²) in [6, 6.07) is 6.52. The molecule has 0 saturated carbocycles. The first-order valence-corrected chi connectivity index (χ1v) is 19.8. The van der Waals surface area contributed by atoms with Gasteiger partial charge in [0, 0.05) is 41.4 Å². The minimum atomic E-state index is -1.91. The zero-order chi connectivity index (χ0) is 41.6. The van der Waals surface area contributed by atoms with Crippen LogP contribution in [0.1, 0.15) is 94.1 Å². The molecule has 312 valence electrons. The zero-order valence-corrected chi connectivity index (χ0v) is 35.7. The molecular weight excluding hydrogens is 730 g/mol. The highest BCUT2D eigenvalue weighted by molar-refractivity contribution is 6.30. The van der Waals surface area contributed by atoms with Crippen molar-refractivity contribution in [3.8, 4) is 0 Å². The number of methoxy groups -OCH3 is 1. The number of hydrogen-bond acceptors (Lipinski definition) is 13. The van der Waals surface area contributed by atoms with Crippen LogP contribution in [0.25, 0.3) is 0 Å². The summed E-state index contributed by atoms with van der Waals surface area (Å²) in [5, 5.41) is 44.8. The fourth-order valence-electron chi connectivity index (χ4n) is 8.10. The maximum atomic E-state index is 14.2. The molecule has 0 radical (unpaired) electrons. The smallest absolute Gasteiger partial charge is 0.312 e. The SMILES string of the molecule is CC[C@H]1OC(=O)[C@H](C)[C@@H](OC(=O)Cc2ccc(Cl)cc2)[C@H](C)[C@@H](OC2OC(C)CC(N(C)C)C2O)[C@](C)(OC)C[C@@H](C)/C(=N\N=C(C)C)[C@H](C)[C@@H](O)[C@]1(C)O. The maximum absolute atomic E-state index is 14.2. The first kappa shape index (κ1) is 46.9. The fraction of sp³-hybridized carbons (Fsp3) is 0.756. The average Bonchev–Trinajstić information content (AvgIpc) is 3.11. The number of hydrogen-bond donors (Lipinski definition) is 3. The Morgan fingerprint density at radius 3 is 2.22 bits per heavy atom. The number of ether oxygens (including phenoxy) is 5. The highest BCUT2D eigenvalue weighted by atomic mass is 35.5. The number of halogens is 1. The summed E-state index contributed by atoms with van der Waals surface area (Å²) in [6.07, 6.45) is -6.24. The molecule has 1 aromatic rings. The summed E-state index contributed by atoms with van der Waals surface area (Å²) >= 11 is 6.09. The van der Waals surface area contributed by atoms with Crippen LogP contribution >= 0.6 is 11.6 Å². The summed E-state index contributed by atoms with van der Waals surface area (Å²) in [6.45, 7) is 17.7. The van der Waals surface area contributed by atoms with E-state index in [2.05, 4.69) is 10.2 Å². The minimum absolute atomic E-state index is 0.105. The molecular formula is C41H66ClN3O10. The van der Waals surface area contributed by atoms with E-state index in [1.165, 1.54) is 6.92 Å². The number of carbonyl (C=O) groups excluding carboxylic acids is 2. The highest BCUT2D eigenvalue weighted by Crippen LogP contribution is 2.40. The molecule has 55 heavy (non-hydrogen) atoms. The third-order valence-corrected chi connectivity index (χ3v) is 11.7. The van der Waals surface area contributed by atoms with E-state index >= 15 is 0 Å². The van der Waals surface area contributed by atoms with E-state index in [4.69, 9.17) is 35.3 Å². The average molecular weight is 796 g/mol. The molecule has 14 atom stereocenters. The number of cyclic esters (lactones) is 1. The lowest BCUT2D eigenvalue weighted by atomic mass is 9.73. The van der Waals surface area contributed by atoms with Crippen molar-refractivity contribution in [3.05, 3.63) is 34.9 Å². The van der Waals surface area contributed by atoms with E-state index in [0.717, 1.165) is 0 Å². The lowest BCUT2D eigenvalue weighted by molar-refractivity contribution is -0.301. The fourth-order valence-corrected chi connectivity index (χ4v) is 8.23. The van der Waals surface area contributed by atoms with Gasteiger partial charge in [0.2, 0.25) is 0 Å². The summed E-state index contributed by atoms with van der Waals surface area (Å²) in [4.78, 5) is 29.9. The largest absolute Gasteiger partial charge is 0.461 e. The van der Waals surface area contributed by atoms with Crippen molar-refractivity contribution in [2.75, 3.05) is 21.2 Å². The standard InChI is InChI=1S/C41H66ClN3O10/c1-14-31-41(10,50)36(48)25(6)33(44-43-22(2)3)23(4)21-40(9,51-13)37(55-39-34(47)30(45(11)12)19-24(5)52-39)26(7)35(27(8)38(49)53-31)54-32(46)20-28-15-17-29(42)18-16-28/h15-18,23-27,30-31,34-37,39,47-48,50H,14,19-21H2,1-13H3/b44-33+/t23-,24?,25+,26+,27-,30?,31-,34?,35+,36-,37-,39?,40-,41-/m1/s1. The predicted octanol–water partition coefficient (Wildman–Crippen LogP) is 5.23. The zero-order valence-electron chi connectivity index (χ0n) is 35.0. The van der Waals surface area contributed by atoms with Crippen LogP contribution in [0, 0.1) is 23.7 Å². The second kappa shape index (κ2) is 19.8. The topological polar surface area (TPSA) is 169 Å². The van der Waals surface area contributed by atoms with Crippen molar-refractivity contribution in [1.29, 1.82) is 0 Å². The summed E-state index contributed by atoms with van der Waals surface area (Å²) in [5.74, 6) is -4.38. The number of likely N-dealkylation sites (N-methyl/N-ethyl adjacent to an activating group) is 1. The van der Waals surface area contributed by atoms with Crippen molar-refractivity contribution in [1.82, 2.24) is 4.90 Å². The Labute approximate surface area is 332 Å². The third kappa shape index (κ3) is 11.6. The molecule has 2 fully saturated rings. The van der Waals surface area contributed by atoms with Gasteiger partial charge in [-0.15, -0.1) is 0 Å². The van der Waals surface area contributed by atoms with Gasteiger partial charge < -0.3 is 43.9 Å². The van der Waals surface area contributed by atoms with Gasteiger partial charge in [-0.3, -0.25) is 9.59 Å². The van der Waals surface area contributed by atoms with Crippen molar-refractivity contribution >= 4 is 35.0 Å². The predicted molar refractivity (Wildman–Crippen MR) is 212 cm³/mol. The molecule has 2 aliphatic rings. The van der Waals surface area contributed by atoms with Crippen LogP contribution in [-0.2, 0) is 39.7 Å². The summed E-state index contributed by atoms with van der Waals surface area (Å²) in [7, 11) is 5.31. The number of aliphatic hydroxyl groups excluding tert-OH is 2. The van der Waals surface area contributed by atoms with Crippen LogP contribution < -0.4 is 0 Å². The normalized spacial score (nSPS) is 38.9. The lowest BCUT2D eigenvalue weighted by Gasteiger charge is -2.48. The van der Waals surface area contributed by atoms with Crippen LogP contribution in [0.3, 0.4) is 0 Å². The number of carbonyl (C=O) groups is 2. The van der Waals surface area contributed by atoms with Gasteiger partial charge in [0.1, 0.15) is 23.9 Å². The van der Waals surface area contributed by atoms with E-state index in [-0.39, 0.29) is 31.4 Å². The van der Waals surface area contributed by atoms with Gasteiger partial charge in [-0.25, -0.2) is 0 Å². The van der Waals surface area contributed by atoms with Gasteiger partial charge in [-0.2, -0.15) is 10.2 Å². The van der Waals surface area contributed by atoms with Crippen molar-refractivity contribution in [2.24, 2.45) is 33.9 Å². The van der Waals surface area contributed by atoms with Crippen molar-refractivity contribution < 1.29 is 48.6 Å². The van der Waals surface area contributed by atoms with Gasteiger partial charge in [0.25, 0.3) is 0 Å². The molecule has 0 aromatic heterocycles. The molecule has 1 aromatic carbocycles. The molecule has 0 bridgehead atoms. The molecule has 2 heterocycles. The first-order chi connectivity index (χ1) is 25.6. The third-order valence-electron chi connectivity index (χ3n) is 11.4. The number of esters is 2. The maximum Gasteiger partial charge on any atom is 0.312 e. The molecule has 4 unspecified atom stereocenters. The van der Waals surface area contributed by atoms with Gasteiger partial charge in [-0.05, 0) is 98.5 Å². The Morgan fingerprint density at radius 1 is 1.05 bits per heavy atom. The van der Waals surface area contributed by atoms with Gasteiger partial charge in [0.05, 0.1) is 36.3 Å². The number of nitrogens with zero attached hydrogens (tertiary/aromatic N) is 3. The van der Waals surface area contributed by atoms with Gasteiger partial charge >= 0.3 is 11.9 Å². The second-order valence-electron chi connectivity index (χ2n) is 16.5. The van der Waals surface area contributed by atoms with Crippen molar-refractivity contribution in [2.45, 2.75) is 155 Å². The van der Waals surface area contributed by atoms with E-state index < -0.39 is 83.6 Å². The van der Waals surface area contributed by atoms with E-state index in [1.54, 1.807) is 66.0 Å². The van der Waals surface area contributed by atoms with Crippen LogP contribution in [0.2, 0.25) is 5.02 Å². The minimum Gasteiger partial charge on any atom is -0.461 e. The Kier molecular flexibility index (Phi) is 16.9. The molecule has 13 nitrogen and oxygen atoms in total. The van der Waals surface area contributed by atoms with Gasteiger partial charge in [0.15, 0.2) is 6.29 Å².